The number of likely N-dealkylation sites (tertiary alicyclic amines) is 1. The molecule has 0 aromatic carbocycles. The van der Waals surface area contributed by atoms with Crippen LogP contribution in [0.25, 0.3) is 0 Å². The van der Waals surface area contributed by atoms with E-state index in [0.717, 1.165) is 5.56 Å². The van der Waals surface area contributed by atoms with E-state index in [1.807, 2.05) is 20.8 Å². The molecule has 0 N–H and O–H groups in total. The van der Waals surface area contributed by atoms with Crippen molar-refractivity contribution >= 4 is 12.1 Å². The Kier molecular flexibility index (Phi) is 5.41. The molecule has 1 amide bonds. The maximum Gasteiger partial charge on any atom is 0.410 e. The minimum Gasteiger partial charge on any atom is -0.464 e. The summed E-state index contributed by atoms with van der Waals surface area (Å²) in [6.45, 7) is 6.57. The first-order chi connectivity index (χ1) is 11.2. The summed E-state index contributed by atoms with van der Waals surface area (Å²) in [5.41, 5.74) is -0.110. The number of methoxy groups -OCH3 is 1. The smallest absolute Gasteiger partial charge is 0.410 e. The van der Waals surface area contributed by atoms with Gasteiger partial charge < -0.3 is 14.4 Å². The van der Waals surface area contributed by atoms with Crippen LogP contribution in [0.1, 0.15) is 55.6 Å². The number of halogens is 1. The summed E-state index contributed by atoms with van der Waals surface area (Å²) in [5.74, 6) is -1.38. The number of pyridine rings is 1. The third-order valence-electron chi connectivity index (χ3n) is 3.86. The Labute approximate surface area is 141 Å². The second-order valence-corrected chi connectivity index (χ2v) is 6.83. The van der Waals surface area contributed by atoms with Crippen molar-refractivity contribution in [3.05, 3.63) is 29.3 Å². The maximum absolute atomic E-state index is 14.0. The van der Waals surface area contributed by atoms with Crippen molar-refractivity contribution in [2.75, 3.05) is 20.2 Å². The summed E-state index contributed by atoms with van der Waals surface area (Å²) < 4.78 is 23.8. The summed E-state index contributed by atoms with van der Waals surface area (Å²) in [7, 11) is 1.18. The number of esters is 1. The molecular formula is C17H23FN2O4. The molecule has 6 nitrogen and oxygen atoms in total. The quantitative estimate of drug-likeness (QED) is 0.775. The van der Waals surface area contributed by atoms with Crippen molar-refractivity contribution in [3.8, 4) is 0 Å². The average Bonchev–Trinajstić information content (AvgIpc) is 2.52. The van der Waals surface area contributed by atoms with Gasteiger partial charge in [0, 0.05) is 19.3 Å². The molecule has 1 aliphatic heterocycles. The van der Waals surface area contributed by atoms with E-state index in [1.165, 1.54) is 19.4 Å². The fourth-order valence-corrected chi connectivity index (χ4v) is 2.64. The largest absolute Gasteiger partial charge is 0.464 e. The second-order valence-electron chi connectivity index (χ2n) is 6.83. The number of hydrogen-bond donors (Lipinski definition) is 0. The minimum atomic E-state index is -0.793. The van der Waals surface area contributed by atoms with Crippen LogP contribution >= 0.6 is 0 Å². The Morgan fingerprint density at radius 2 is 1.92 bits per heavy atom. The highest BCUT2D eigenvalue weighted by Gasteiger charge is 2.28. The summed E-state index contributed by atoms with van der Waals surface area (Å²) in [6.07, 6.45) is 2.56. The first-order valence-corrected chi connectivity index (χ1v) is 7.93. The Morgan fingerprint density at radius 3 is 2.42 bits per heavy atom. The number of amides is 1. The molecule has 0 aliphatic carbocycles. The molecule has 1 saturated heterocycles. The van der Waals surface area contributed by atoms with Crippen LogP contribution in [-0.2, 0) is 9.47 Å². The van der Waals surface area contributed by atoms with Crippen LogP contribution in [0.5, 0.6) is 0 Å². The van der Waals surface area contributed by atoms with Crippen molar-refractivity contribution in [2.45, 2.75) is 45.1 Å². The lowest BCUT2D eigenvalue weighted by molar-refractivity contribution is 0.0204. The fourth-order valence-electron chi connectivity index (χ4n) is 2.64. The highest BCUT2D eigenvalue weighted by atomic mass is 19.1. The van der Waals surface area contributed by atoms with Gasteiger partial charge in [0.05, 0.1) is 7.11 Å². The van der Waals surface area contributed by atoms with Gasteiger partial charge in [-0.2, -0.15) is 0 Å². The van der Waals surface area contributed by atoms with Crippen molar-refractivity contribution in [1.29, 1.82) is 0 Å². The molecule has 2 heterocycles. The van der Waals surface area contributed by atoms with Crippen LogP contribution in [0, 0.1) is 5.82 Å². The molecule has 1 aliphatic rings. The van der Waals surface area contributed by atoms with E-state index in [4.69, 9.17) is 4.74 Å². The van der Waals surface area contributed by atoms with Gasteiger partial charge in [-0.05, 0) is 51.2 Å². The van der Waals surface area contributed by atoms with Gasteiger partial charge in [-0.25, -0.2) is 19.0 Å². The van der Waals surface area contributed by atoms with Gasteiger partial charge in [-0.15, -0.1) is 0 Å². The third kappa shape index (κ3) is 4.43. The van der Waals surface area contributed by atoms with Crippen LogP contribution in [0.4, 0.5) is 9.18 Å². The van der Waals surface area contributed by atoms with Gasteiger partial charge in [-0.1, -0.05) is 0 Å². The van der Waals surface area contributed by atoms with E-state index in [2.05, 4.69) is 9.72 Å². The normalized spacial score (nSPS) is 16.0. The summed E-state index contributed by atoms with van der Waals surface area (Å²) in [6, 6.07) is 1.33. The predicted octanol–water partition coefficient (Wildman–Crippen LogP) is 3.12. The van der Waals surface area contributed by atoms with E-state index >= 15 is 0 Å². The maximum atomic E-state index is 14.0. The monoisotopic (exact) mass is 338 g/mol. The lowest BCUT2D eigenvalue weighted by Gasteiger charge is -2.33. The number of carbonyl (C=O) groups is 2. The number of piperidine rings is 1. The van der Waals surface area contributed by atoms with Gasteiger partial charge in [0.1, 0.15) is 5.60 Å². The van der Waals surface area contributed by atoms with Crippen molar-refractivity contribution < 1.29 is 23.5 Å². The molecule has 1 aromatic rings. The number of rotatable bonds is 2. The Morgan fingerprint density at radius 1 is 1.29 bits per heavy atom. The number of carbonyl (C=O) groups excluding carboxylic acids is 2. The molecule has 132 valence electrons. The van der Waals surface area contributed by atoms with Crippen molar-refractivity contribution in [1.82, 2.24) is 9.88 Å². The Balaban J connectivity index is 1.98. The molecule has 2 rings (SSSR count). The summed E-state index contributed by atoms with van der Waals surface area (Å²) >= 11 is 0. The Bertz CT molecular complexity index is 620. The first kappa shape index (κ1) is 18.2. The number of nitrogens with zero attached hydrogens (tertiary/aromatic N) is 2. The molecule has 0 bridgehead atoms. The van der Waals surface area contributed by atoms with E-state index in [0.29, 0.717) is 25.9 Å². The lowest BCUT2D eigenvalue weighted by Crippen LogP contribution is -2.41. The predicted molar refractivity (Wildman–Crippen MR) is 85.3 cm³/mol. The van der Waals surface area contributed by atoms with Gasteiger partial charge in [0.2, 0.25) is 0 Å². The average molecular weight is 338 g/mol. The second kappa shape index (κ2) is 7.15. The molecule has 0 unspecified atom stereocenters. The molecule has 1 aromatic heterocycles. The van der Waals surface area contributed by atoms with E-state index in [-0.39, 0.29) is 17.7 Å². The number of hydrogen-bond acceptors (Lipinski definition) is 5. The molecule has 0 saturated carbocycles. The summed E-state index contributed by atoms with van der Waals surface area (Å²) in [5, 5.41) is 0. The third-order valence-corrected chi connectivity index (χ3v) is 3.86. The van der Waals surface area contributed by atoms with Crippen LogP contribution in [-0.4, -0.2) is 47.7 Å². The highest BCUT2D eigenvalue weighted by molar-refractivity contribution is 5.87. The number of ether oxygens (including phenoxy) is 2. The number of aromatic nitrogens is 1. The SMILES string of the molecule is COC(=O)c1ncc(C2CCN(C(=O)OC(C)(C)C)CC2)cc1F. The van der Waals surface area contributed by atoms with Gasteiger partial charge >= 0.3 is 12.1 Å². The topological polar surface area (TPSA) is 68.7 Å². The molecule has 1 fully saturated rings. The zero-order chi connectivity index (χ0) is 17.9. The fraction of sp³-hybridized carbons (Fsp3) is 0.588. The molecule has 0 radical (unpaired) electrons. The molecule has 24 heavy (non-hydrogen) atoms. The molecule has 0 atom stereocenters. The van der Waals surface area contributed by atoms with Crippen molar-refractivity contribution in [3.63, 3.8) is 0 Å². The molecular weight excluding hydrogens is 315 g/mol. The van der Waals surface area contributed by atoms with Crippen LogP contribution < -0.4 is 0 Å². The standard InChI is InChI=1S/C17H23FN2O4/c1-17(2,3)24-16(22)20-7-5-11(6-8-20)12-9-13(18)14(19-10-12)15(21)23-4/h9-11H,5-8H2,1-4H3. The molecule has 7 heteroatoms. The minimum absolute atomic E-state index is 0.0948. The zero-order valence-corrected chi connectivity index (χ0v) is 14.5. The van der Waals surface area contributed by atoms with Gasteiger partial charge in [-0.3, -0.25) is 0 Å². The molecule has 0 spiro atoms. The van der Waals surface area contributed by atoms with Crippen LogP contribution in [0.2, 0.25) is 0 Å². The lowest BCUT2D eigenvalue weighted by atomic mass is 9.90. The summed E-state index contributed by atoms with van der Waals surface area (Å²) in [4.78, 5) is 28.9. The first-order valence-electron chi connectivity index (χ1n) is 7.93. The van der Waals surface area contributed by atoms with Crippen LogP contribution in [0.15, 0.2) is 12.3 Å². The van der Waals surface area contributed by atoms with Gasteiger partial charge in [0.25, 0.3) is 0 Å². The van der Waals surface area contributed by atoms with Crippen molar-refractivity contribution in [2.24, 2.45) is 0 Å². The van der Waals surface area contributed by atoms with E-state index < -0.39 is 17.4 Å². The van der Waals surface area contributed by atoms with Gasteiger partial charge in [0.15, 0.2) is 11.5 Å². The highest BCUT2D eigenvalue weighted by Crippen LogP contribution is 2.29. The van der Waals surface area contributed by atoms with E-state index in [9.17, 15) is 14.0 Å². The zero-order valence-electron chi connectivity index (χ0n) is 14.5. The van der Waals surface area contributed by atoms with E-state index in [1.54, 1.807) is 4.90 Å². The Hall–Kier alpha value is -2.18. The van der Waals surface area contributed by atoms with Crippen LogP contribution in [0.3, 0.4) is 0 Å².